The number of aromatic nitrogens is 2. The highest BCUT2D eigenvalue weighted by Crippen LogP contribution is 2.41. The van der Waals surface area contributed by atoms with Crippen molar-refractivity contribution in [2.24, 2.45) is 0 Å². The predicted molar refractivity (Wildman–Crippen MR) is 175 cm³/mol. The second kappa shape index (κ2) is 8.57. The zero-order chi connectivity index (χ0) is 27.8. The first kappa shape index (κ1) is 22.9. The van der Waals surface area contributed by atoms with Gasteiger partial charge in [-0.3, -0.25) is 9.13 Å². The summed E-state index contributed by atoms with van der Waals surface area (Å²) in [5, 5.41) is 20.3. The van der Waals surface area contributed by atoms with Gasteiger partial charge in [-0.05, 0) is 81.5 Å². The molecule has 0 radical (unpaired) electrons. The van der Waals surface area contributed by atoms with E-state index in [0.717, 1.165) is 44.0 Å². The average Bonchev–Trinajstić information content (AvgIpc) is 3.56. The monoisotopic (exact) mass is 533 g/mol. The molecule has 0 unspecified atom stereocenters. The molecule has 0 aliphatic carbocycles. The number of nitrogens with zero attached hydrogens (tertiary/aromatic N) is 3. The first-order valence-electron chi connectivity index (χ1n) is 14.2. The minimum Gasteiger partial charge on any atom is -0.295 e. The van der Waals surface area contributed by atoms with Crippen molar-refractivity contribution in [1.82, 2.24) is 9.13 Å². The Bertz CT molecular complexity index is 2580. The van der Waals surface area contributed by atoms with Gasteiger partial charge in [0.2, 0.25) is 0 Å². The Morgan fingerprint density at radius 1 is 0.429 bits per heavy atom. The van der Waals surface area contributed by atoms with E-state index in [9.17, 15) is 5.26 Å². The molecule has 9 rings (SSSR count). The maximum Gasteiger partial charge on any atom is 0.131 e. The predicted octanol–water partition coefficient (Wildman–Crippen LogP) is 10.1. The Balaban J connectivity index is 1.41. The number of fused-ring (bicyclic) bond motifs is 9. The van der Waals surface area contributed by atoms with E-state index in [2.05, 4.69) is 137 Å². The van der Waals surface area contributed by atoms with E-state index in [1.807, 2.05) is 18.2 Å². The van der Waals surface area contributed by atoms with Gasteiger partial charge in [0, 0.05) is 32.9 Å². The molecule has 2 aromatic heterocycles. The lowest BCUT2D eigenvalue weighted by molar-refractivity contribution is 1.07. The number of rotatable bonds is 2. The van der Waals surface area contributed by atoms with E-state index in [0.29, 0.717) is 5.56 Å². The summed E-state index contributed by atoms with van der Waals surface area (Å²) < 4.78 is 4.81. The summed E-state index contributed by atoms with van der Waals surface area (Å²) in [6.07, 6.45) is 0. The lowest BCUT2D eigenvalue weighted by Gasteiger charge is -2.14. The van der Waals surface area contributed by atoms with Crippen LogP contribution in [-0.4, -0.2) is 9.13 Å². The third-order valence-electron chi connectivity index (χ3n) is 8.67. The van der Waals surface area contributed by atoms with E-state index in [1.165, 1.54) is 32.6 Å². The van der Waals surface area contributed by atoms with Crippen LogP contribution in [0.15, 0.2) is 140 Å². The normalized spacial score (nSPS) is 11.8. The lowest BCUT2D eigenvalue weighted by atomic mass is 9.95. The summed E-state index contributed by atoms with van der Waals surface area (Å²) in [4.78, 5) is 0. The summed E-state index contributed by atoms with van der Waals surface area (Å²) in [5.41, 5.74) is 6.50. The zero-order valence-electron chi connectivity index (χ0n) is 22.6. The molecule has 0 saturated carbocycles. The van der Waals surface area contributed by atoms with E-state index in [-0.39, 0.29) is 0 Å². The van der Waals surface area contributed by atoms with Crippen molar-refractivity contribution in [3.8, 4) is 17.4 Å². The van der Waals surface area contributed by atoms with Gasteiger partial charge in [0.15, 0.2) is 0 Å². The maximum atomic E-state index is 9.83. The molecule has 0 spiro atoms. The van der Waals surface area contributed by atoms with Crippen molar-refractivity contribution in [3.05, 3.63) is 145 Å². The van der Waals surface area contributed by atoms with Crippen LogP contribution in [0.5, 0.6) is 0 Å². The van der Waals surface area contributed by atoms with Crippen molar-refractivity contribution in [1.29, 1.82) is 5.26 Å². The number of hydrogen-bond donors (Lipinski definition) is 0. The van der Waals surface area contributed by atoms with Crippen LogP contribution in [-0.2, 0) is 0 Å². The average molecular weight is 534 g/mol. The SMILES string of the molecule is N#Cc1cc2cc3ccc(-n4c5ccccc5c5c6ccccc6n(-c6ccccc6)c54)cc3cc2c2ccccc12. The maximum absolute atomic E-state index is 9.83. The van der Waals surface area contributed by atoms with Crippen LogP contribution in [0.1, 0.15) is 5.56 Å². The first-order valence-corrected chi connectivity index (χ1v) is 14.2. The third-order valence-corrected chi connectivity index (χ3v) is 8.67. The van der Waals surface area contributed by atoms with E-state index >= 15 is 0 Å². The van der Waals surface area contributed by atoms with Crippen LogP contribution in [0.4, 0.5) is 0 Å². The van der Waals surface area contributed by atoms with Gasteiger partial charge in [-0.15, -0.1) is 0 Å². The van der Waals surface area contributed by atoms with Crippen molar-refractivity contribution >= 4 is 65.2 Å². The Morgan fingerprint density at radius 3 is 1.76 bits per heavy atom. The second-order valence-corrected chi connectivity index (χ2v) is 10.9. The highest BCUT2D eigenvalue weighted by atomic mass is 15.1. The van der Waals surface area contributed by atoms with E-state index < -0.39 is 0 Å². The highest BCUT2D eigenvalue weighted by molar-refractivity contribution is 6.22. The van der Waals surface area contributed by atoms with Gasteiger partial charge >= 0.3 is 0 Å². The van der Waals surface area contributed by atoms with Gasteiger partial charge < -0.3 is 0 Å². The Morgan fingerprint density at radius 2 is 1.05 bits per heavy atom. The minimum absolute atomic E-state index is 0.712. The summed E-state index contributed by atoms with van der Waals surface area (Å²) in [6, 6.07) is 51.9. The van der Waals surface area contributed by atoms with Crippen molar-refractivity contribution in [3.63, 3.8) is 0 Å². The molecule has 7 aromatic carbocycles. The van der Waals surface area contributed by atoms with Gasteiger partial charge in [-0.1, -0.05) is 84.9 Å². The topological polar surface area (TPSA) is 33.6 Å². The molecule has 42 heavy (non-hydrogen) atoms. The Kier molecular flexibility index (Phi) is 4.68. The fraction of sp³-hybridized carbons (Fsp3) is 0. The van der Waals surface area contributed by atoms with Crippen LogP contribution in [0.3, 0.4) is 0 Å². The number of benzene rings is 7. The van der Waals surface area contributed by atoms with Gasteiger partial charge in [-0.2, -0.15) is 5.26 Å². The summed E-state index contributed by atoms with van der Waals surface area (Å²) in [7, 11) is 0. The van der Waals surface area contributed by atoms with Crippen LogP contribution in [0.25, 0.3) is 76.5 Å². The van der Waals surface area contributed by atoms with Crippen LogP contribution >= 0.6 is 0 Å². The molecule has 0 amide bonds. The van der Waals surface area contributed by atoms with Gasteiger partial charge in [0.1, 0.15) is 5.65 Å². The molecule has 9 aromatic rings. The first-order chi connectivity index (χ1) is 20.8. The number of nitriles is 1. The molecular formula is C39H23N3. The standard InChI is InChI=1S/C39H23N3/c40-24-28-21-27-20-25-18-19-30(22-26(25)23-35(27)32-13-5-4-12-31(28)32)42-37-17-9-7-15-34(37)38-33-14-6-8-16-36(33)41(39(38)42)29-10-2-1-3-11-29/h1-23H. The van der Waals surface area contributed by atoms with Gasteiger partial charge in [-0.25, -0.2) is 0 Å². The molecule has 0 aliphatic heterocycles. The molecule has 3 heteroatoms. The van der Waals surface area contributed by atoms with Crippen LogP contribution < -0.4 is 0 Å². The third kappa shape index (κ3) is 3.09. The summed E-state index contributed by atoms with van der Waals surface area (Å²) >= 11 is 0. The quantitative estimate of drug-likeness (QED) is 0.161. The Hall–Kier alpha value is -5.85. The van der Waals surface area contributed by atoms with Crippen LogP contribution in [0.2, 0.25) is 0 Å². The van der Waals surface area contributed by atoms with Crippen molar-refractivity contribution in [2.75, 3.05) is 0 Å². The molecule has 3 nitrogen and oxygen atoms in total. The summed E-state index contributed by atoms with van der Waals surface area (Å²) in [5.74, 6) is 0. The minimum atomic E-state index is 0.712. The number of para-hydroxylation sites is 3. The molecule has 0 N–H and O–H groups in total. The molecule has 194 valence electrons. The molecular weight excluding hydrogens is 510 g/mol. The number of hydrogen-bond acceptors (Lipinski definition) is 1. The highest BCUT2D eigenvalue weighted by Gasteiger charge is 2.21. The fourth-order valence-electron chi connectivity index (χ4n) is 6.87. The fourth-order valence-corrected chi connectivity index (χ4v) is 6.87. The van der Waals surface area contributed by atoms with Crippen molar-refractivity contribution in [2.45, 2.75) is 0 Å². The molecule has 2 heterocycles. The molecule has 0 atom stereocenters. The van der Waals surface area contributed by atoms with E-state index in [1.54, 1.807) is 0 Å². The molecule has 0 saturated heterocycles. The van der Waals surface area contributed by atoms with Crippen LogP contribution in [0, 0.1) is 11.3 Å². The molecule has 0 bridgehead atoms. The summed E-state index contributed by atoms with van der Waals surface area (Å²) in [6.45, 7) is 0. The zero-order valence-corrected chi connectivity index (χ0v) is 22.6. The second-order valence-electron chi connectivity index (χ2n) is 10.9. The van der Waals surface area contributed by atoms with Gasteiger partial charge in [0.05, 0.1) is 22.7 Å². The van der Waals surface area contributed by atoms with Gasteiger partial charge in [0.25, 0.3) is 0 Å². The molecule has 0 aliphatic rings. The largest absolute Gasteiger partial charge is 0.295 e. The van der Waals surface area contributed by atoms with Crippen molar-refractivity contribution < 1.29 is 0 Å². The lowest BCUT2D eigenvalue weighted by Crippen LogP contribution is -2.01. The molecule has 0 fully saturated rings. The van der Waals surface area contributed by atoms with E-state index in [4.69, 9.17) is 0 Å². The Labute approximate surface area is 241 Å². The smallest absolute Gasteiger partial charge is 0.131 e.